The molecule has 1 aromatic heterocycles. The van der Waals surface area contributed by atoms with Crippen molar-refractivity contribution in [3.8, 4) is 0 Å². The summed E-state index contributed by atoms with van der Waals surface area (Å²) in [5.41, 5.74) is -0.109. The van der Waals surface area contributed by atoms with Crippen LogP contribution in [-0.2, 0) is 4.74 Å². The highest BCUT2D eigenvalue weighted by Gasteiger charge is 2.41. The van der Waals surface area contributed by atoms with E-state index >= 15 is 0 Å². The average Bonchev–Trinajstić information content (AvgIpc) is 3.00. The van der Waals surface area contributed by atoms with Gasteiger partial charge in [0.05, 0.1) is 23.2 Å². The molecule has 0 amide bonds. The molecule has 2 bridgehead atoms. The van der Waals surface area contributed by atoms with Crippen LogP contribution >= 0.6 is 0 Å². The van der Waals surface area contributed by atoms with E-state index in [4.69, 9.17) is 4.74 Å². The van der Waals surface area contributed by atoms with Crippen molar-refractivity contribution in [3.05, 3.63) is 16.3 Å². The van der Waals surface area contributed by atoms with Crippen molar-refractivity contribution < 1.29 is 9.66 Å². The molecule has 0 saturated carbocycles. The SMILES string of the molecule is CNc1ncc([N+](=O)[O-])c(NC2CC3CCC2O3)n1. The van der Waals surface area contributed by atoms with Crippen LogP contribution in [0.25, 0.3) is 0 Å². The van der Waals surface area contributed by atoms with E-state index < -0.39 is 4.92 Å². The third-order valence-electron chi connectivity index (χ3n) is 3.62. The van der Waals surface area contributed by atoms with E-state index in [1.165, 1.54) is 6.20 Å². The van der Waals surface area contributed by atoms with Crippen LogP contribution < -0.4 is 10.6 Å². The number of hydrogen-bond acceptors (Lipinski definition) is 7. The Bertz CT molecular complexity index is 509. The number of ether oxygens (including phenoxy) is 1. The maximum Gasteiger partial charge on any atom is 0.329 e. The van der Waals surface area contributed by atoms with E-state index in [9.17, 15) is 10.1 Å². The molecule has 3 atom stereocenters. The number of nitrogens with zero attached hydrogens (tertiary/aromatic N) is 3. The fourth-order valence-corrected chi connectivity index (χ4v) is 2.70. The molecule has 8 nitrogen and oxygen atoms in total. The van der Waals surface area contributed by atoms with Gasteiger partial charge < -0.3 is 15.4 Å². The summed E-state index contributed by atoms with van der Waals surface area (Å²) in [6.45, 7) is 0. The molecule has 0 spiro atoms. The Morgan fingerprint density at radius 3 is 2.95 bits per heavy atom. The number of nitro groups is 1. The van der Waals surface area contributed by atoms with Gasteiger partial charge >= 0.3 is 5.69 Å². The lowest BCUT2D eigenvalue weighted by atomic mass is 9.95. The molecule has 102 valence electrons. The zero-order chi connectivity index (χ0) is 13.4. The van der Waals surface area contributed by atoms with Crippen molar-refractivity contribution in [1.29, 1.82) is 0 Å². The first-order valence-electron chi connectivity index (χ1n) is 6.28. The number of nitrogens with one attached hydrogen (secondary N) is 2. The predicted molar refractivity (Wildman–Crippen MR) is 68.2 cm³/mol. The molecule has 0 aliphatic carbocycles. The van der Waals surface area contributed by atoms with Crippen molar-refractivity contribution in [2.45, 2.75) is 37.5 Å². The quantitative estimate of drug-likeness (QED) is 0.622. The van der Waals surface area contributed by atoms with Crippen LogP contribution in [0.4, 0.5) is 17.5 Å². The largest absolute Gasteiger partial charge is 0.373 e. The molecule has 19 heavy (non-hydrogen) atoms. The van der Waals surface area contributed by atoms with Crippen molar-refractivity contribution >= 4 is 17.5 Å². The Morgan fingerprint density at radius 1 is 1.53 bits per heavy atom. The first kappa shape index (κ1) is 12.1. The fourth-order valence-electron chi connectivity index (χ4n) is 2.70. The molecule has 3 heterocycles. The molecule has 1 aromatic rings. The molecule has 3 rings (SSSR count). The smallest absolute Gasteiger partial charge is 0.329 e. The lowest BCUT2D eigenvalue weighted by Gasteiger charge is -2.20. The number of rotatable bonds is 4. The minimum atomic E-state index is -0.476. The van der Waals surface area contributed by atoms with Crippen LogP contribution in [-0.4, -0.2) is 40.2 Å². The topological polar surface area (TPSA) is 102 Å². The van der Waals surface area contributed by atoms with Gasteiger partial charge in [0.15, 0.2) is 0 Å². The van der Waals surface area contributed by atoms with Gasteiger partial charge in [0.25, 0.3) is 0 Å². The predicted octanol–water partition coefficient (Wildman–Crippen LogP) is 1.16. The zero-order valence-electron chi connectivity index (χ0n) is 10.5. The third-order valence-corrected chi connectivity index (χ3v) is 3.62. The highest BCUT2D eigenvalue weighted by molar-refractivity contribution is 5.57. The summed E-state index contributed by atoms with van der Waals surface area (Å²) in [5.74, 6) is 0.614. The van der Waals surface area contributed by atoms with Crippen molar-refractivity contribution in [3.63, 3.8) is 0 Å². The molecule has 2 fully saturated rings. The first-order valence-corrected chi connectivity index (χ1v) is 6.28. The summed E-state index contributed by atoms with van der Waals surface area (Å²) in [7, 11) is 1.67. The van der Waals surface area contributed by atoms with Crippen LogP contribution in [0.5, 0.6) is 0 Å². The lowest BCUT2D eigenvalue weighted by molar-refractivity contribution is -0.384. The van der Waals surface area contributed by atoms with E-state index in [-0.39, 0.29) is 29.8 Å². The van der Waals surface area contributed by atoms with Crippen LogP contribution in [0.3, 0.4) is 0 Å². The summed E-state index contributed by atoms with van der Waals surface area (Å²) >= 11 is 0. The number of anilines is 2. The highest BCUT2D eigenvalue weighted by atomic mass is 16.6. The second-order valence-corrected chi connectivity index (χ2v) is 4.79. The lowest BCUT2D eigenvalue weighted by Crippen LogP contribution is -2.31. The molecule has 0 aromatic carbocycles. The van der Waals surface area contributed by atoms with Crippen molar-refractivity contribution in [2.24, 2.45) is 0 Å². The van der Waals surface area contributed by atoms with Gasteiger partial charge in [-0.1, -0.05) is 0 Å². The molecule has 2 aliphatic heterocycles. The van der Waals surface area contributed by atoms with E-state index in [1.54, 1.807) is 7.05 Å². The third kappa shape index (κ3) is 2.19. The summed E-state index contributed by atoms with van der Waals surface area (Å²) in [4.78, 5) is 18.5. The average molecular weight is 265 g/mol. The Morgan fingerprint density at radius 2 is 2.37 bits per heavy atom. The Kier molecular flexibility index (Phi) is 2.94. The Hall–Kier alpha value is -1.96. The van der Waals surface area contributed by atoms with Gasteiger partial charge in [-0.2, -0.15) is 4.98 Å². The van der Waals surface area contributed by atoms with Gasteiger partial charge in [-0.25, -0.2) is 4.98 Å². The van der Waals surface area contributed by atoms with E-state index in [0.717, 1.165) is 19.3 Å². The monoisotopic (exact) mass is 265 g/mol. The summed E-state index contributed by atoms with van der Waals surface area (Å²) < 4.78 is 5.72. The van der Waals surface area contributed by atoms with Gasteiger partial charge in [0.1, 0.15) is 6.20 Å². The number of hydrogen-bond donors (Lipinski definition) is 2. The highest BCUT2D eigenvalue weighted by Crippen LogP contribution is 2.36. The van der Waals surface area contributed by atoms with Crippen LogP contribution in [0.2, 0.25) is 0 Å². The second kappa shape index (κ2) is 4.61. The normalized spacial score (nSPS) is 28.4. The van der Waals surface area contributed by atoms with E-state index in [0.29, 0.717) is 5.95 Å². The molecular formula is C11H15N5O3. The van der Waals surface area contributed by atoms with Gasteiger partial charge in [0.2, 0.25) is 11.8 Å². The van der Waals surface area contributed by atoms with Crippen LogP contribution in [0.1, 0.15) is 19.3 Å². The molecule has 2 saturated heterocycles. The fraction of sp³-hybridized carbons (Fsp3) is 0.636. The maximum absolute atomic E-state index is 11.0. The van der Waals surface area contributed by atoms with Crippen LogP contribution in [0, 0.1) is 10.1 Å². The van der Waals surface area contributed by atoms with Gasteiger partial charge in [-0.15, -0.1) is 0 Å². The second-order valence-electron chi connectivity index (χ2n) is 4.79. The molecular weight excluding hydrogens is 250 g/mol. The summed E-state index contributed by atoms with van der Waals surface area (Å²) in [5, 5.41) is 16.9. The maximum atomic E-state index is 11.0. The van der Waals surface area contributed by atoms with E-state index in [1.807, 2.05) is 0 Å². The van der Waals surface area contributed by atoms with E-state index in [2.05, 4.69) is 20.6 Å². The Labute approximate surface area is 109 Å². The van der Waals surface area contributed by atoms with Gasteiger partial charge in [0, 0.05) is 7.05 Å². The molecule has 2 N–H and O–H groups in total. The zero-order valence-corrected chi connectivity index (χ0v) is 10.5. The van der Waals surface area contributed by atoms with Gasteiger partial charge in [-0.05, 0) is 19.3 Å². The summed E-state index contributed by atoms with van der Waals surface area (Å²) in [6.07, 6.45) is 4.59. The van der Waals surface area contributed by atoms with Crippen molar-refractivity contribution in [1.82, 2.24) is 9.97 Å². The molecule has 2 aliphatic rings. The number of aromatic nitrogens is 2. The van der Waals surface area contributed by atoms with Crippen LogP contribution in [0.15, 0.2) is 6.20 Å². The molecule has 8 heteroatoms. The molecule has 0 radical (unpaired) electrons. The molecule has 3 unspecified atom stereocenters. The minimum absolute atomic E-state index is 0.0945. The standard InChI is InChI=1S/C11H15N5O3/c1-12-11-13-5-8(16(17)18)10(15-11)14-7-4-6-2-3-9(7)19-6/h5-7,9H,2-4H2,1H3,(H2,12,13,14,15). The first-order chi connectivity index (χ1) is 9.17. The van der Waals surface area contributed by atoms with Gasteiger partial charge in [-0.3, -0.25) is 10.1 Å². The summed E-state index contributed by atoms with van der Waals surface area (Å²) in [6, 6.07) is 0.0945. The Balaban J connectivity index is 1.84. The van der Waals surface area contributed by atoms with Crippen molar-refractivity contribution in [2.75, 3.05) is 17.7 Å². The number of fused-ring (bicyclic) bond motifs is 2. The minimum Gasteiger partial charge on any atom is -0.373 e.